The van der Waals surface area contributed by atoms with Gasteiger partial charge in [0.2, 0.25) is 0 Å². The summed E-state index contributed by atoms with van der Waals surface area (Å²) in [7, 11) is 2.28. The van der Waals surface area contributed by atoms with E-state index in [1.807, 2.05) is 11.3 Å². The lowest BCUT2D eigenvalue weighted by Gasteiger charge is -2.22. The van der Waals surface area contributed by atoms with Gasteiger partial charge in [0.05, 0.1) is 0 Å². The molecule has 1 aromatic heterocycles. The van der Waals surface area contributed by atoms with Crippen LogP contribution < -0.4 is 5.32 Å². The van der Waals surface area contributed by atoms with Crippen LogP contribution in [0, 0.1) is 0 Å². The van der Waals surface area contributed by atoms with Crippen molar-refractivity contribution in [1.82, 2.24) is 10.2 Å². The van der Waals surface area contributed by atoms with Gasteiger partial charge < -0.3 is 5.32 Å². The Morgan fingerprint density at radius 2 is 2.11 bits per heavy atom. The molecule has 0 bridgehead atoms. The molecular weight excluding hydrogens is 260 g/mol. The lowest BCUT2D eigenvalue weighted by Crippen LogP contribution is -2.30. The van der Waals surface area contributed by atoms with Gasteiger partial charge in [-0.3, -0.25) is 4.90 Å². The Kier molecular flexibility index (Phi) is 4.29. The summed E-state index contributed by atoms with van der Waals surface area (Å²) >= 11 is 4.08. The van der Waals surface area contributed by atoms with Gasteiger partial charge in [0.15, 0.2) is 0 Å². The zero-order valence-corrected chi connectivity index (χ0v) is 12.7. The first-order valence-corrected chi connectivity index (χ1v) is 8.87. The highest BCUT2D eigenvalue weighted by Crippen LogP contribution is 2.25. The average Bonchev–Trinajstić information content (AvgIpc) is 2.88. The molecule has 1 unspecified atom stereocenters. The molecule has 18 heavy (non-hydrogen) atoms. The van der Waals surface area contributed by atoms with Crippen LogP contribution in [0.5, 0.6) is 0 Å². The summed E-state index contributed by atoms with van der Waals surface area (Å²) in [6, 6.07) is 6.22. The Bertz CT molecular complexity index is 381. The number of hydrogen-bond donors (Lipinski definition) is 1. The van der Waals surface area contributed by atoms with E-state index in [4.69, 9.17) is 0 Å². The zero-order valence-electron chi connectivity index (χ0n) is 11.0. The van der Waals surface area contributed by atoms with Crippen molar-refractivity contribution in [3.8, 4) is 0 Å². The second kappa shape index (κ2) is 5.95. The van der Waals surface area contributed by atoms with E-state index in [-0.39, 0.29) is 0 Å². The van der Waals surface area contributed by atoms with Crippen molar-refractivity contribution >= 4 is 23.1 Å². The van der Waals surface area contributed by atoms with Gasteiger partial charge >= 0.3 is 0 Å². The fraction of sp³-hybridized carbons (Fsp3) is 0.714. The fourth-order valence-electron chi connectivity index (χ4n) is 2.38. The lowest BCUT2D eigenvalue weighted by molar-refractivity contribution is 0.256. The molecule has 3 rings (SSSR count). The Hall–Kier alpha value is -0.0300. The van der Waals surface area contributed by atoms with E-state index in [2.05, 4.69) is 41.2 Å². The van der Waals surface area contributed by atoms with Gasteiger partial charge in [-0.15, -0.1) is 11.3 Å². The smallest absolute Gasteiger partial charge is 0.0328 e. The molecule has 100 valence electrons. The molecule has 1 saturated heterocycles. The fourth-order valence-corrected chi connectivity index (χ4v) is 4.71. The highest BCUT2D eigenvalue weighted by Gasteiger charge is 2.21. The summed E-state index contributed by atoms with van der Waals surface area (Å²) in [5.74, 6) is 2.66. The van der Waals surface area contributed by atoms with E-state index in [0.717, 1.165) is 25.2 Å². The largest absolute Gasteiger partial charge is 0.309 e. The van der Waals surface area contributed by atoms with Crippen molar-refractivity contribution in [2.24, 2.45) is 0 Å². The van der Waals surface area contributed by atoms with Crippen molar-refractivity contribution in [1.29, 1.82) is 0 Å². The predicted molar refractivity (Wildman–Crippen MR) is 81.4 cm³/mol. The summed E-state index contributed by atoms with van der Waals surface area (Å²) in [5.41, 5.74) is 0. The van der Waals surface area contributed by atoms with Crippen LogP contribution >= 0.6 is 23.1 Å². The minimum atomic E-state index is 0.796. The first kappa shape index (κ1) is 13.0. The van der Waals surface area contributed by atoms with Crippen LogP contribution in [0.1, 0.15) is 29.0 Å². The molecule has 1 N–H and O–H groups in total. The highest BCUT2D eigenvalue weighted by molar-refractivity contribution is 7.99. The molecule has 1 atom stereocenters. The van der Waals surface area contributed by atoms with Crippen LogP contribution in [0.15, 0.2) is 12.1 Å². The first-order chi connectivity index (χ1) is 8.81. The third-order valence-electron chi connectivity index (χ3n) is 3.79. The minimum Gasteiger partial charge on any atom is -0.309 e. The van der Waals surface area contributed by atoms with Crippen LogP contribution in [0.3, 0.4) is 0 Å². The molecule has 2 nitrogen and oxygen atoms in total. The Morgan fingerprint density at radius 1 is 1.28 bits per heavy atom. The maximum Gasteiger partial charge on any atom is 0.0328 e. The molecule has 1 aromatic rings. The van der Waals surface area contributed by atoms with E-state index in [1.54, 1.807) is 0 Å². The topological polar surface area (TPSA) is 15.3 Å². The van der Waals surface area contributed by atoms with Gasteiger partial charge in [-0.25, -0.2) is 0 Å². The first-order valence-electron chi connectivity index (χ1n) is 6.90. The second-order valence-corrected chi connectivity index (χ2v) is 7.86. The normalized spacial score (nSPS) is 24.0. The van der Waals surface area contributed by atoms with Gasteiger partial charge in [-0.05, 0) is 44.2 Å². The van der Waals surface area contributed by atoms with Crippen LogP contribution in [0.4, 0.5) is 0 Å². The van der Waals surface area contributed by atoms with Crippen LogP contribution in [-0.2, 0) is 13.1 Å². The van der Waals surface area contributed by atoms with Gasteiger partial charge in [-0.2, -0.15) is 11.8 Å². The van der Waals surface area contributed by atoms with E-state index in [1.165, 1.54) is 40.5 Å². The summed E-state index contributed by atoms with van der Waals surface area (Å²) in [6.45, 7) is 2.19. The maximum atomic E-state index is 3.59. The lowest BCUT2D eigenvalue weighted by atomic mass is 10.2. The van der Waals surface area contributed by atoms with Gasteiger partial charge in [0.1, 0.15) is 0 Å². The number of rotatable bonds is 6. The quantitative estimate of drug-likeness (QED) is 0.863. The Labute approximate surface area is 118 Å². The van der Waals surface area contributed by atoms with E-state index >= 15 is 0 Å². The summed E-state index contributed by atoms with van der Waals surface area (Å²) < 4.78 is 0. The van der Waals surface area contributed by atoms with Crippen LogP contribution in [0.25, 0.3) is 0 Å². The number of thioether (sulfide) groups is 1. The monoisotopic (exact) mass is 282 g/mol. The number of nitrogens with one attached hydrogen (secondary N) is 1. The van der Waals surface area contributed by atoms with Crippen molar-refractivity contribution in [2.75, 3.05) is 18.6 Å². The Morgan fingerprint density at radius 3 is 2.83 bits per heavy atom. The van der Waals surface area contributed by atoms with Crippen molar-refractivity contribution in [3.63, 3.8) is 0 Å². The Balaban J connectivity index is 1.48. The maximum absolute atomic E-state index is 3.59. The molecule has 2 heterocycles. The van der Waals surface area contributed by atoms with E-state index in [9.17, 15) is 0 Å². The molecule has 4 heteroatoms. The average molecular weight is 282 g/mol. The van der Waals surface area contributed by atoms with Crippen LogP contribution in [0.2, 0.25) is 0 Å². The molecule has 1 aliphatic heterocycles. The predicted octanol–water partition coefficient (Wildman–Crippen LogP) is 2.94. The number of thiophene rings is 1. The number of hydrogen-bond acceptors (Lipinski definition) is 4. The molecule has 0 aromatic carbocycles. The summed E-state index contributed by atoms with van der Waals surface area (Å²) in [5, 5.41) is 3.59. The molecule has 2 aliphatic rings. The molecule has 0 amide bonds. The van der Waals surface area contributed by atoms with Gasteiger partial charge in [0, 0.05) is 40.7 Å². The van der Waals surface area contributed by atoms with Gasteiger partial charge in [0.25, 0.3) is 0 Å². The highest BCUT2D eigenvalue weighted by atomic mass is 32.2. The van der Waals surface area contributed by atoms with Crippen LogP contribution in [-0.4, -0.2) is 35.5 Å². The molecule has 0 spiro atoms. The van der Waals surface area contributed by atoms with E-state index < -0.39 is 0 Å². The van der Waals surface area contributed by atoms with Crippen molar-refractivity contribution in [2.45, 2.75) is 44.4 Å². The molecule has 2 fully saturated rings. The molecule has 1 saturated carbocycles. The standard InChI is InChI=1S/C14H22N2S2/c1-16(12-6-7-17-10-12)9-14-5-4-13(18-14)8-15-11-2-3-11/h4-5,11-12,15H,2-3,6-10H2,1H3. The third kappa shape index (κ3) is 3.50. The molecular formula is C14H22N2S2. The third-order valence-corrected chi connectivity index (χ3v) is 6.01. The van der Waals surface area contributed by atoms with Gasteiger partial charge in [-0.1, -0.05) is 0 Å². The molecule has 0 radical (unpaired) electrons. The SMILES string of the molecule is CN(Cc1ccc(CNC2CC2)s1)C1CCSC1. The second-order valence-electron chi connectivity index (χ2n) is 5.46. The van der Waals surface area contributed by atoms with Crippen molar-refractivity contribution in [3.05, 3.63) is 21.9 Å². The summed E-state index contributed by atoms with van der Waals surface area (Å²) in [6.07, 6.45) is 4.11. The zero-order chi connectivity index (χ0) is 12.4. The number of nitrogens with zero attached hydrogens (tertiary/aromatic N) is 1. The minimum absolute atomic E-state index is 0.796. The van der Waals surface area contributed by atoms with Crippen molar-refractivity contribution < 1.29 is 0 Å². The molecule has 1 aliphatic carbocycles. The van der Waals surface area contributed by atoms with E-state index in [0.29, 0.717) is 0 Å². The summed E-state index contributed by atoms with van der Waals surface area (Å²) in [4.78, 5) is 5.54.